The number of benzene rings is 1. The minimum Gasteiger partial charge on any atom is -0.467 e. The van der Waals surface area contributed by atoms with Crippen molar-refractivity contribution in [2.24, 2.45) is 5.41 Å². The zero-order valence-corrected chi connectivity index (χ0v) is 23.6. The first-order valence-electron chi connectivity index (χ1n) is 13.1. The van der Waals surface area contributed by atoms with E-state index in [9.17, 15) is 14.4 Å². The van der Waals surface area contributed by atoms with E-state index >= 15 is 0 Å². The van der Waals surface area contributed by atoms with Crippen LogP contribution in [0.25, 0.3) is 11.1 Å². The topological polar surface area (TPSA) is 94.2 Å². The number of hydrogen-bond donors (Lipinski definition) is 1. The Hall–Kier alpha value is -2.91. The average Bonchev–Trinajstić information content (AvgIpc) is 3.67. The normalized spacial score (nSPS) is 22.8. The molecule has 9 heteroatoms. The van der Waals surface area contributed by atoms with Crippen LogP contribution in [0.4, 0.5) is 4.79 Å². The molecule has 2 aromatic rings. The summed E-state index contributed by atoms with van der Waals surface area (Å²) < 4.78 is 16.7. The van der Waals surface area contributed by atoms with E-state index in [1.165, 1.54) is 12.0 Å². The molecule has 1 saturated heterocycles. The zero-order chi connectivity index (χ0) is 27.5. The maximum atomic E-state index is 14.0. The quantitative estimate of drug-likeness (QED) is 0.489. The molecular weight excluding hydrogens is 504 g/mol. The number of methoxy groups -OCH3 is 2. The number of ether oxygens (including phenoxy) is 3. The summed E-state index contributed by atoms with van der Waals surface area (Å²) >= 11 is 1.64. The Morgan fingerprint density at radius 3 is 2.29 bits per heavy atom. The van der Waals surface area contributed by atoms with Crippen LogP contribution in [0.1, 0.15) is 58.4 Å². The molecule has 38 heavy (non-hydrogen) atoms. The lowest BCUT2D eigenvalue weighted by Crippen LogP contribution is -2.57. The molecule has 1 aromatic carbocycles. The number of thiophene rings is 1. The summed E-state index contributed by atoms with van der Waals surface area (Å²) in [5.41, 5.74) is 1.53. The van der Waals surface area contributed by atoms with Gasteiger partial charge in [-0.1, -0.05) is 45.0 Å². The molecule has 0 radical (unpaired) electrons. The standard InChI is InChI=1S/C29H38N2O6S/c1-28(2,3)24(30-27(34)37-22-8-6-7-9-22)25(32)31-18-29(36-5,16-23(31)26(33)35-4)21-12-10-19(11-13-21)20-14-15-38-17-20/h10-15,17,22-24H,6-9,16,18H2,1-5H3,(H,30,34)/t23-,24+,29-/m0/s1. The van der Waals surface area contributed by atoms with Gasteiger partial charge < -0.3 is 24.4 Å². The van der Waals surface area contributed by atoms with E-state index in [1.54, 1.807) is 18.4 Å². The van der Waals surface area contributed by atoms with Gasteiger partial charge in [0.15, 0.2) is 0 Å². The largest absolute Gasteiger partial charge is 0.467 e. The number of nitrogens with one attached hydrogen (secondary N) is 1. The van der Waals surface area contributed by atoms with E-state index in [1.807, 2.05) is 50.4 Å². The van der Waals surface area contributed by atoms with Crippen molar-refractivity contribution in [1.82, 2.24) is 10.2 Å². The summed E-state index contributed by atoms with van der Waals surface area (Å²) in [6.45, 7) is 5.77. The minimum atomic E-state index is -0.908. The van der Waals surface area contributed by atoms with Crippen LogP contribution in [-0.4, -0.2) is 61.8 Å². The Morgan fingerprint density at radius 2 is 1.74 bits per heavy atom. The fourth-order valence-corrected chi connectivity index (χ4v) is 6.11. The van der Waals surface area contributed by atoms with Crippen LogP contribution in [-0.2, 0) is 29.4 Å². The van der Waals surface area contributed by atoms with Gasteiger partial charge >= 0.3 is 12.1 Å². The highest BCUT2D eigenvalue weighted by Gasteiger charge is 2.53. The minimum absolute atomic E-state index is 0.126. The van der Waals surface area contributed by atoms with Crippen LogP contribution in [0.5, 0.6) is 0 Å². The van der Waals surface area contributed by atoms with Gasteiger partial charge in [0.1, 0.15) is 23.8 Å². The first kappa shape index (κ1) is 28.1. The van der Waals surface area contributed by atoms with Gasteiger partial charge in [-0.05, 0) is 64.6 Å². The number of carbonyl (C=O) groups excluding carboxylic acids is 3. The van der Waals surface area contributed by atoms with Gasteiger partial charge in [0.25, 0.3) is 0 Å². The summed E-state index contributed by atoms with van der Waals surface area (Å²) in [6.07, 6.45) is 3.23. The highest BCUT2D eigenvalue weighted by molar-refractivity contribution is 7.08. The van der Waals surface area contributed by atoms with Crippen molar-refractivity contribution in [3.63, 3.8) is 0 Å². The van der Waals surface area contributed by atoms with E-state index in [0.29, 0.717) is 0 Å². The molecule has 206 valence electrons. The van der Waals surface area contributed by atoms with Crippen LogP contribution in [0.15, 0.2) is 41.1 Å². The molecule has 1 saturated carbocycles. The van der Waals surface area contributed by atoms with Crippen molar-refractivity contribution in [2.75, 3.05) is 20.8 Å². The molecule has 8 nitrogen and oxygen atoms in total. The molecule has 3 atom stereocenters. The second-order valence-electron chi connectivity index (χ2n) is 11.3. The number of amides is 2. The average molecular weight is 543 g/mol. The van der Waals surface area contributed by atoms with Gasteiger partial charge in [-0.2, -0.15) is 11.3 Å². The number of rotatable bonds is 7. The Morgan fingerprint density at radius 1 is 1.05 bits per heavy atom. The van der Waals surface area contributed by atoms with E-state index in [4.69, 9.17) is 14.2 Å². The maximum absolute atomic E-state index is 14.0. The number of hydrogen-bond acceptors (Lipinski definition) is 7. The Balaban J connectivity index is 1.60. The van der Waals surface area contributed by atoms with Gasteiger partial charge in [-0.15, -0.1) is 0 Å². The lowest BCUT2D eigenvalue weighted by Gasteiger charge is -2.35. The second-order valence-corrected chi connectivity index (χ2v) is 12.0. The van der Waals surface area contributed by atoms with Crippen molar-refractivity contribution < 1.29 is 28.6 Å². The van der Waals surface area contributed by atoms with Crippen LogP contribution in [0.2, 0.25) is 0 Å². The Labute approximate surface area is 228 Å². The lowest BCUT2D eigenvalue weighted by molar-refractivity contribution is -0.152. The molecule has 2 amide bonds. The molecule has 1 aromatic heterocycles. The second kappa shape index (κ2) is 11.5. The van der Waals surface area contributed by atoms with E-state index < -0.39 is 35.2 Å². The van der Waals surface area contributed by atoms with Gasteiger partial charge in [-0.25, -0.2) is 9.59 Å². The zero-order valence-electron chi connectivity index (χ0n) is 22.8. The van der Waals surface area contributed by atoms with E-state index in [2.05, 4.69) is 16.8 Å². The fourth-order valence-electron chi connectivity index (χ4n) is 5.44. The summed E-state index contributed by atoms with van der Waals surface area (Å²) in [5, 5.41) is 6.92. The van der Waals surface area contributed by atoms with Crippen LogP contribution in [0, 0.1) is 5.41 Å². The molecule has 1 N–H and O–H groups in total. The molecule has 2 aliphatic rings. The lowest BCUT2D eigenvalue weighted by atomic mass is 9.85. The third-order valence-electron chi connectivity index (χ3n) is 7.69. The molecule has 1 aliphatic carbocycles. The molecular formula is C29H38N2O6S. The number of alkyl carbamates (subject to hydrolysis) is 1. The van der Waals surface area contributed by atoms with Gasteiger partial charge in [-0.3, -0.25) is 4.79 Å². The summed E-state index contributed by atoms with van der Waals surface area (Å²) in [5.74, 6) is -0.890. The van der Waals surface area contributed by atoms with Crippen LogP contribution < -0.4 is 5.32 Å². The number of esters is 1. The van der Waals surface area contributed by atoms with Crippen molar-refractivity contribution in [3.05, 3.63) is 46.7 Å². The van der Waals surface area contributed by atoms with Gasteiger partial charge in [0.2, 0.25) is 5.91 Å². The van der Waals surface area contributed by atoms with Crippen molar-refractivity contribution in [3.8, 4) is 11.1 Å². The molecule has 2 heterocycles. The van der Waals surface area contributed by atoms with Crippen LogP contribution in [0.3, 0.4) is 0 Å². The fraction of sp³-hybridized carbons (Fsp3) is 0.552. The SMILES string of the molecule is COC(=O)[C@@H]1C[C@@](OC)(c2ccc(-c3ccsc3)cc2)CN1C(=O)[C@@H](NC(=O)OC1CCCC1)C(C)(C)C. The smallest absolute Gasteiger partial charge is 0.408 e. The molecule has 0 unspecified atom stereocenters. The third-order valence-corrected chi connectivity index (χ3v) is 8.37. The number of carbonyl (C=O) groups is 3. The Bertz CT molecular complexity index is 1120. The molecule has 1 aliphatic heterocycles. The van der Waals surface area contributed by atoms with E-state index in [0.717, 1.165) is 42.4 Å². The monoisotopic (exact) mass is 542 g/mol. The first-order chi connectivity index (χ1) is 18.1. The maximum Gasteiger partial charge on any atom is 0.408 e. The predicted molar refractivity (Wildman–Crippen MR) is 146 cm³/mol. The highest BCUT2D eigenvalue weighted by atomic mass is 32.1. The molecule has 4 rings (SSSR count). The molecule has 0 bridgehead atoms. The Kier molecular flexibility index (Phi) is 8.47. The van der Waals surface area contributed by atoms with Gasteiger partial charge in [0.05, 0.1) is 13.7 Å². The molecule has 0 spiro atoms. The summed E-state index contributed by atoms with van der Waals surface area (Å²) in [7, 11) is 2.90. The summed E-state index contributed by atoms with van der Waals surface area (Å²) in [6, 6.07) is 8.31. The molecule has 2 fully saturated rings. The number of likely N-dealkylation sites (tertiary alicyclic amines) is 1. The van der Waals surface area contributed by atoms with Crippen molar-refractivity contribution in [2.45, 2.75) is 76.7 Å². The van der Waals surface area contributed by atoms with Crippen molar-refractivity contribution in [1.29, 1.82) is 0 Å². The van der Waals surface area contributed by atoms with E-state index in [-0.39, 0.29) is 25.0 Å². The first-order valence-corrected chi connectivity index (χ1v) is 14.1. The van der Waals surface area contributed by atoms with Crippen LogP contribution >= 0.6 is 11.3 Å². The highest BCUT2D eigenvalue weighted by Crippen LogP contribution is 2.41. The predicted octanol–water partition coefficient (Wildman–Crippen LogP) is 5.11. The van der Waals surface area contributed by atoms with Crippen molar-refractivity contribution >= 4 is 29.3 Å². The summed E-state index contributed by atoms with van der Waals surface area (Å²) in [4.78, 5) is 41.2. The number of nitrogens with zero attached hydrogens (tertiary/aromatic N) is 1. The third kappa shape index (κ3) is 5.89. The van der Waals surface area contributed by atoms with Gasteiger partial charge in [0, 0.05) is 13.5 Å².